The van der Waals surface area contributed by atoms with Gasteiger partial charge < -0.3 is 10.6 Å². The fourth-order valence-corrected chi connectivity index (χ4v) is 2.30. The molecule has 0 bridgehead atoms. The number of nitrogens with one attached hydrogen (secondary N) is 2. The molecule has 0 saturated carbocycles. The summed E-state index contributed by atoms with van der Waals surface area (Å²) in [4.78, 5) is 0. The van der Waals surface area contributed by atoms with Gasteiger partial charge in [-0.2, -0.15) is 0 Å². The van der Waals surface area contributed by atoms with Crippen molar-refractivity contribution in [2.24, 2.45) is 11.8 Å². The second-order valence-corrected chi connectivity index (χ2v) is 4.75. The average molecular weight is 238 g/mol. The summed E-state index contributed by atoms with van der Waals surface area (Å²) in [6.45, 7) is 5.22. The van der Waals surface area contributed by atoms with E-state index in [4.69, 9.17) is 0 Å². The van der Waals surface area contributed by atoms with Gasteiger partial charge in [0, 0.05) is 11.6 Å². The van der Waals surface area contributed by atoms with Crippen LogP contribution in [0.3, 0.4) is 0 Å². The minimum Gasteiger partial charge on any atom is -0.319 e. The predicted octanol–water partition coefficient (Wildman–Crippen LogP) is 2.58. The molecule has 2 unspecified atom stereocenters. The molecule has 1 aromatic rings. The molecule has 0 fully saturated rings. The monoisotopic (exact) mass is 238 g/mol. The topological polar surface area (TPSA) is 24.1 Å². The van der Waals surface area contributed by atoms with Gasteiger partial charge in [0.05, 0.1) is 0 Å². The molecular formula is C14H23FN2. The number of rotatable bonds is 6. The van der Waals surface area contributed by atoms with E-state index >= 15 is 0 Å². The van der Waals surface area contributed by atoms with Gasteiger partial charge in [0.15, 0.2) is 0 Å². The molecule has 0 heterocycles. The van der Waals surface area contributed by atoms with E-state index in [1.165, 1.54) is 6.07 Å². The first kappa shape index (κ1) is 14.1. The normalized spacial score (nSPS) is 14.9. The quantitative estimate of drug-likeness (QED) is 0.796. The molecule has 2 nitrogen and oxygen atoms in total. The van der Waals surface area contributed by atoms with Gasteiger partial charge in [0.2, 0.25) is 0 Å². The van der Waals surface area contributed by atoms with Gasteiger partial charge in [0.1, 0.15) is 5.82 Å². The van der Waals surface area contributed by atoms with E-state index in [-0.39, 0.29) is 11.9 Å². The maximum absolute atomic E-state index is 13.8. The van der Waals surface area contributed by atoms with E-state index in [2.05, 4.69) is 24.5 Å². The van der Waals surface area contributed by atoms with Crippen LogP contribution >= 0.6 is 0 Å². The SMILES string of the molecule is CNCC(C(C)C)C(NC)c1ccccc1F. The Labute approximate surface area is 104 Å². The lowest BCUT2D eigenvalue weighted by Crippen LogP contribution is -2.35. The Hall–Kier alpha value is -0.930. The zero-order valence-corrected chi connectivity index (χ0v) is 11.1. The summed E-state index contributed by atoms with van der Waals surface area (Å²) < 4.78 is 13.8. The summed E-state index contributed by atoms with van der Waals surface area (Å²) in [5, 5.41) is 6.44. The van der Waals surface area contributed by atoms with Crippen LogP contribution in [0.25, 0.3) is 0 Å². The smallest absolute Gasteiger partial charge is 0.127 e. The van der Waals surface area contributed by atoms with Crippen LogP contribution in [0.15, 0.2) is 24.3 Å². The van der Waals surface area contributed by atoms with Crippen LogP contribution in [-0.4, -0.2) is 20.6 Å². The van der Waals surface area contributed by atoms with Gasteiger partial charge in [-0.05, 0) is 38.5 Å². The summed E-state index contributed by atoms with van der Waals surface area (Å²) in [6, 6.07) is 7.05. The number of benzene rings is 1. The first-order valence-corrected chi connectivity index (χ1v) is 6.18. The Morgan fingerprint density at radius 2 is 1.82 bits per heavy atom. The zero-order valence-electron chi connectivity index (χ0n) is 11.1. The number of halogens is 1. The standard InChI is InChI=1S/C14H23FN2/c1-10(2)12(9-16-3)14(17-4)11-7-5-6-8-13(11)15/h5-8,10,12,14,16-17H,9H2,1-4H3. The van der Waals surface area contributed by atoms with E-state index in [0.717, 1.165) is 12.1 Å². The summed E-state index contributed by atoms with van der Waals surface area (Å²) in [5.74, 6) is 0.718. The highest BCUT2D eigenvalue weighted by Crippen LogP contribution is 2.28. The van der Waals surface area contributed by atoms with Crippen LogP contribution in [0.5, 0.6) is 0 Å². The van der Waals surface area contributed by atoms with Gasteiger partial charge in [-0.15, -0.1) is 0 Å². The summed E-state index contributed by atoms with van der Waals surface area (Å²) in [5.41, 5.74) is 0.754. The molecule has 1 rings (SSSR count). The molecule has 0 radical (unpaired) electrons. The minimum atomic E-state index is -0.131. The summed E-state index contributed by atoms with van der Waals surface area (Å²) in [7, 11) is 3.82. The molecule has 2 N–H and O–H groups in total. The number of hydrogen-bond acceptors (Lipinski definition) is 2. The Balaban J connectivity index is 3.00. The minimum absolute atomic E-state index is 0.0450. The van der Waals surface area contributed by atoms with Gasteiger partial charge in [0.25, 0.3) is 0 Å². The third kappa shape index (κ3) is 3.51. The molecule has 1 aromatic carbocycles. The third-order valence-electron chi connectivity index (χ3n) is 3.28. The molecule has 0 aliphatic rings. The Morgan fingerprint density at radius 3 is 2.29 bits per heavy atom. The molecule has 2 atom stereocenters. The molecule has 0 saturated heterocycles. The lowest BCUT2D eigenvalue weighted by molar-refractivity contribution is 0.279. The van der Waals surface area contributed by atoms with Crippen LogP contribution in [0, 0.1) is 17.7 Å². The summed E-state index contributed by atoms with van der Waals surface area (Å²) >= 11 is 0. The highest BCUT2D eigenvalue weighted by atomic mass is 19.1. The first-order valence-electron chi connectivity index (χ1n) is 6.18. The van der Waals surface area contributed by atoms with E-state index in [9.17, 15) is 4.39 Å². The molecule has 0 aliphatic heterocycles. The van der Waals surface area contributed by atoms with Crippen molar-refractivity contribution in [3.05, 3.63) is 35.6 Å². The second-order valence-electron chi connectivity index (χ2n) is 4.75. The van der Waals surface area contributed by atoms with Gasteiger partial charge in [-0.1, -0.05) is 32.0 Å². The first-order chi connectivity index (χ1) is 8.11. The highest BCUT2D eigenvalue weighted by molar-refractivity contribution is 5.22. The van der Waals surface area contributed by atoms with E-state index in [1.54, 1.807) is 6.07 Å². The van der Waals surface area contributed by atoms with E-state index < -0.39 is 0 Å². The van der Waals surface area contributed by atoms with Gasteiger partial charge >= 0.3 is 0 Å². The van der Waals surface area contributed by atoms with Gasteiger partial charge in [-0.25, -0.2) is 4.39 Å². The van der Waals surface area contributed by atoms with Crippen molar-refractivity contribution in [2.75, 3.05) is 20.6 Å². The molecule has 0 aliphatic carbocycles. The average Bonchev–Trinajstić information content (AvgIpc) is 2.31. The van der Waals surface area contributed by atoms with E-state index in [0.29, 0.717) is 11.8 Å². The highest BCUT2D eigenvalue weighted by Gasteiger charge is 2.25. The molecule has 3 heteroatoms. The number of hydrogen-bond donors (Lipinski definition) is 2. The maximum atomic E-state index is 13.8. The van der Waals surface area contributed by atoms with Crippen molar-refractivity contribution in [2.45, 2.75) is 19.9 Å². The molecule has 0 amide bonds. The predicted molar refractivity (Wildman–Crippen MR) is 70.5 cm³/mol. The largest absolute Gasteiger partial charge is 0.319 e. The second kappa shape index (κ2) is 6.72. The maximum Gasteiger partial charge on any atom is 0.127 e. The van der Waals surface area contributed by atoms with Crippen molar-refractivity contribution in [1.29, 1.82) is 0 Å². The van der Waals surface area contributed by atoms with Crippen LogP contribution in [0.2, 0.25) is 0 Å². The van der Waals surface area contributed by atoms with Crippen LogP contribution in [-0.2, 0) is 0 Å². The van der Waals surface area contributed by atoms with E-state index in [1.807, 2.05) is 26.2 Å². The fraction of sp³-hybridized carbons (Fsp3) is 0.571. The Bertz CT molecular complexity index is 339. The fourth-order valence-electron chi connectivity index (χ4n) is 2.30. The van der Waals surface area contributed by atoms with Crippen molar-refractivity contribution >= 4 is 0 Å². The molecule has 96 valence electrons. The lowest BCUT2D eigenvalue weighted by atomic mass is 9.84. The molecule has 0 spiro atoms. The van der Waals surface area contributed by atoms with Crippen LogP contribution in [0.1, 0.15) is 25.5 Å². The zero-order chi connectivity index (χ0) is 12.8. The van der Waals surface area contributed by atoms with Crippen molar-refractivity contribution < 1.29 is 4.39 Å². The molecule has 0 aromatic heterocycles. The van der Waals surface area contributed by atoms with Crippen molar-refractivity contribution in [1.82, 2.24) is 10.6 Å². The molecule has 17 heavy (non-hydrogen) atoms. The van der Waals surface area contributed by atoms with Crippen LogP contribution < -0.4 is 10.6 Å². The Kier molecular flexibility index (Phi) is 5.59. The van der Waals surface area contributed by atoms with Crippen molar-refractivity contribution in [3.63, 3.8) is 0 Å². The van der Waals surface area contributed by atoms with Gasteiger partial charge in [-0.3, -0.25) is 0 Å². The van der Waals surface area contributed by atoms with Crippen LogP contribution in [0.4, 0.5) is 4.39 Å². The molecular weight excluding hydrogens is 215 g/mol. The lowest BCUT2D eigenvalue weighted by Gasteiger charge is -2.30. The Morgan fingerprint density at radius 1 is 1.18 bits per heavy atom. The third-order valence-corrected chi connectivity index (χ3v) is 3.28. The summed E-state index contributed by atoms with van der Waals surface area (Å²) in [6.07, 6.45) is 0. The van der Waals surface area contributed by atoms with Crippen molar-refractivity contribution in [3.8, 4) is 0 Å².